The highest BCUT2D eigenvalue weighted by Gasteiger charge is 2.38. The maximum absolute atomic E-state index is 13.6. The minimum absolute atomic E-state index is 0.0313. The van der Waals surface area contributed by atoms with Gasteiger partial charge in [0.05, 0.1) is 19.7 Å². The van der Waals surface area contributed by atoms with Crippen LogP contribution in [0, 0.1) is 5.92 Å². The van der Waals surface area contributed by atoms with Crippen molar-refractivity contribution in [2.45, 2.75) is 50.2 Å². The molecule has 1 aromatic carbocycles. The van der Waals surface area contributed by atoms with Crippen LogP contribution in [-0.2, 0) is 14.8 Å². The maximum atomic E-state index is 13.6. The van der Waals surface area contributed by atoms with Gasteiger partial charge in [0.2, 0.25) is 15.9 Å². The molecule has 1 amide bonds. The molecule has 9 heteroatoms. The fourth-order valence-corrected chi connectivity index (χ4v) is 6.17. The lowest BCUT2D eigenvalue weighted by Crippen LogP contribution is -2.50. The van der Waals surface area contributed by atoms with Gasteiger partial charge in [0.15, 0.2) is 0 Å². The number of hydrogen-bond donors (Lipinski definition) is 1. The second-order valence-electron chi connectivity index (χ2n) is 9.54. The van der Waals surface area contributed by atoms with Crippen molar-refractivity contribution < 1.29 is 23.1 Å². The molecule has 1 heterocycles. The van der Waals surface area contributed by atoms with Crippen molar-refractivity contribution in [1.82, 2.24) is 14.1 Å². The van der Waals surface area contributed by atoms with Crippen LogP contribution < -0.4 is 4.74 Å². The van der Waals surface area contributed by atoms with Crippen LogP contribution in [0.15, 0.2) is 29.2 Å². The van der Waals surface area contributed by atoms with Gasteiger partial charge < -0.3 is 19.6 Å². The third-order valence-corrected chi connectivity index (χ3v) is 8.43. The molecule has 0 unspecified atom stereocenters. The second kappa shape index (κ2) is 10.5. The van der Waals surface area contributed by atoms with Gasteiger partial charge in [0.25, 0.3) is 0 Å². The minimum atomic E-state index is -3.87. The lowest BCUT2D eigenvalue weighted by molar-refractivity contribution is -0.132. The number of allylic oxidation sites excluding steroid dienone is 2. The Hall–Kier alpha value is -1.94. The summed E-state index contributed by atoms with van der Waals surface area (Å²) in [5, 5.41) is 9.77. The molecule has 0 bridgehead atoms. The van der Waals surface area contributed by atoms with Gasteiger partial charge in [-0.1, -0.05) is 19.1 Å². The highest BCUT2D eigenvalue weighted by Crippen LogP contribution is 2.37. The molecular formula is C24H37N3O5S. The third-order valence-electron chi connectivity index (χ3n) is 6.41. The molecule has 1 aliphatic carbocycles. The molecule has 1 aromatic rings. The molecule has 0 radical (unpaired) electrons. The molecular weight excluding hydrogens is 442 g/mol. The summed E-state index contributed by atoms with van der Waals surface area (Å²) in [5.41, 5.74) is 2.16. The number of likely N-dealkylation sites (N-methyl/N-ethyl adjacent to an activating group) is 2. The number of carbonyl (C=O) groups excluding carboxylic acids is 1. The van der Waals surface area contributed by atoms with E-state index in [1.165, 1.54) is 9.88 Å². The number of sulfonamides is 1. The predicted molar refractivity (Wildman–Crippen MR) is 128 cm³/mol. The molecule has 1 aliphatic heterocycles. The number of benzene rings is 1. The lowest BCUT2D eigenvalue weighted by Gasteiger charge is -2.37. The summed E-state index contributed by atoms with van der Waals surface area (Å²) in [4.78, 5) is 16.1. The summed E-state index contributed by atoms with van der Waals surface area (Å²) in [6.07, 6.45) is 4.85. The SMILES string of the molecule is C[C@@H]1CN([C@H](C)CO)S(=O)(=O)c2ccc(C3=CCCC3)cc2O[C@H]1CN(C)C(=O)CN(C)C. The van der Waals surface area contributed by atoms with Gasteiger partial charge in [-0.15, -0.1) is 0 Å². The zero-order chi connectivity index (χ0) is 24.3. The van der Waals surface area contributed by atoms with Crippen molar-refractivity contribution in [3.63, 3.8) is 0 Å². The third kappa shape index (κ3) is 5.77. The summed E-state index contributed by atoms with van der Waals surface area (Å²) in [5.74, 6) is 0.0717. The van der Waals surface area contributed by atoms with Crippen molar-refractivity contribution in [3.8, 4) is 5.75 Å². The molecule has 0 fully saturated rings. The standard InChI is InChI=1S/C24H37N3O5S/c1-17-13-27(18(2)16-28)33(30,31)23-11-10-20(19-8-6-7-9-19)12-21(23)32-22(17)14-26(5)24(29)15-25(3)4/h8,10-12,17-18,22,28H,6-7,9,13-16H2,1-5H3/t17-,18-,22+/m1/s1. The van der Waals surface area contributed by atoms with Gasteiger partial charge in [-0.3, -0.25) is 4.79 Å². The average molecular weight is 480 g/mol. The fraction of sp³-hybridized carbons (Fsp3) is 0.625. The largest absolute Gasteiger partial charge is 0.487 e. The zero-order valence-corrected chi connectivity index (χ0v) is 21.1. The first kappa shape index (κ1) is 25.7. The van der Waals surface area contributed by atoms with Crippen molar-refractivity contribution in [3.05, 3.63) is 29.8 Å². The fourth-order valence-electron chi connectivity index (χ4n) is 4.34. The molecule has 0 aromatic heterocycles. The number of fused-ring (bicyclic) bond motifs is 1. The Balaban J connectivity index is 2.02. The van der Waals surface area contributed by atoms with Crippen molar-refractivity contribution in [1.29, 1.82) is 0 Å². The van der Waals surface area contributed by atoms with Crippen LogP contribution in [0.3, 0.4) is 0 Å². The van der Waals surface area contributed by atoms with E-state index in [0.29, 0.717) is 12.3 Å². The Morgan fingerprint density at radius 3 is 2.64 bits per heavy atom. The van der Waals surface area contributed by atoms with E-state index in [1.54, 1.807) is 24.9 Å². The summed E-state index contributed by atoms with van der Waals surface area (Å²) in [6, 6.07) is 4.70. The van der Waals surface area contributed by atoms with Crippen LogP contribution >= 0.6 is 0 Å². The minimum Gasteiger partial charge on any atom is -0.487 e. The van der Waals surface area contributed by atoms with Crippen LogP contribution in [0.5, 0.6) is 5.75 Å². The topological polar surface area (TPSA) is 90.4 Å². The number of amides is 1. The monoisotopic (exact) mass is 479 g/mol. The first-order chi connectivity index (χ1) is 15.5. The van der Waals surface area contributed by atoms with E-state index in [1.807, 2.05) is 38.1 Å². The molecule has 3 rings (SSSR count). The van der Waals surface area contributed by atoms with Crippen molar-refractivity contribution in [2.24, 2.45) is 5.92 Å². The van der Waals surface area contributed by atoms with E-state index in [9.17, 15) is 18.3 Å². The molecule has 0 spiro atoms. The van der Waals surface area contributed by atoms with Crippen LogP contribution in [0.1, 0.15) is 38.7 Å². The Morgan fingerprint density at radius 1 is 1.30 bits per heavy atom. The molecule has 33 heavy (non-hydrogen) atoms. The van der Waals surface area contributed by atoms with Crippen LogP contribution in [0.25, 0.3) is 5.57 Å². The summed E-state index contributed by atoms with van der Waals surface area (Å²) >= 11 is 0. The number of aliphatic hydroxyl groups excluding tert-OH is 1. The molecule has 8 nitrogen and oxygen atoms in total. The average Bonchev–Trinajstić information content (AvgIpc) is 3.29. The molecule has 0 saturated carbocycles. The Labute approximate surface area is 197 Å². The van der Waals surface area contributed by atoms with Gasteiger partial charge in [-0.05, 0) is 63.6 Å². The van der Waals surface area contributed by atoms with Crippen molar-refractivity contribution in [2.75, 3.05) is 47.4 Å². The first-order valence-electron chi connectivity index (χ1n) is 11.6. The highest BCUT2D eigenvalue weighted by molar-refractivity contribution is 7.89. The number of carbonyl (C=O) groups is 1. The number of nitrogens with zero attached hydrogens (tertiary/aromatic N) is 3. The van der Waals surface area contributed by atoms with Crippen LogP contribution in [0.4, 0.5) is 0 Å². The smallest absolute Gasteiger partial charge is 0.247 e. The quantitative estimate of drug-likeness (QED) is 0.644. The number of rotatable bonds is 7. The van der Waals surface area contributed by atoms with Gasteiger partial charge in [-0.25, -0.2) is 8.42 Å². The van der Waals surface area contributed by atoms with Crippen LogP contribution in [0.2, 0.25) is 0 Å². The zero-order valence-electron chi connectivity index (χ0n) is 20.3. The summed E-state index contributed by atoms with van der Waals surface area (Å²) in [7, 11) is 1.56. The van der Waals surface area contributed by atoms with Gasteiger partial charge >= 0.3 is 0 Å². The molecule has 3 atom stereocenters. The first-order valence-corrected chi connectivity index (χ1v) is 13.0. The van der Waals surface area contributed by atoms with Crippen molar-refractivity contribution >= 4 is 21.5 Å². The Bertz CT molecular complexity index is 992. The van der Waals surface area contributed by atoms with E-state index in [0.717, 1.165) is 24.8 Å². The highest BCUT2D eigenvalue weighted by atomic mass is 32.2. The molecule has 1 N–H and O–H groups in total. The van der Waals surface area contributed by atoms with E-state index >= 15 is 0 Å². The number of aliphatic hydroxyl groups is 1. The van der Waals surface area contributed by atoms with Crippen LogP contribution in [-0.4, -0.2) is 93.1 Å². The van der Waals surface area contributed by atoms with E-state index < -0.39 is 22.2 Å². The van der Waals surface area contributed by atoms with E-state index in [2.05, 4.69) is 6.08 Å². The second-order valence-corrected chi connectivity index (χ2v) is 11.4. The van der Waals surface area contributed by atoms with Gasteiger partial charge in [0.1, 0.15) is 16.7 Å². The van der Waals surface area contributed by atoms with Gasteiger partial charge in [-0.2, -0.15) is 4.31 Å². The normalized spacial score (nSPS) is 23.8. The Kier molecular flexibility index (Phi) is 8.21. The predicted octanol–water partition coefficient (Wildman–Crippen LogP) is 2.04. The maximum Gasteiger partial charge on any atom is 0.247 e. The number of hydrogen-bond acceptors (Lipinski definition) is 6. The summed E-state index contributed by atoms with van der Waals surface area (Å²) < 4.78 is 34.9. The van der Waals surface area contributed by atoms with E-state index in [-0.39, 0.29) is 36.4 Å². The Morgan fingerprint density at radius 2 is 2.03 bits per heavy atom. The van der Waals surface area contributed by atoms with E-state index in [4.69, 9.17) is 4.74 Å². The molecule has 0 saturated heterocycles. The molecule has 184 valence electrons. The number of ether oxygens (including phenoxy) is 1. The molecule has 2 aliphatic rings. The summed E-state index contributed by atoms with van der Waals surface area (Å²) in [6.45, 7) is 4.16. The van der Waals surface area contributed by atoms with Gasteiger partial charge in [0, 0.05) is 25.6 Å². The lowest BCUT2D eigenvalue weighted by atomic mass is 10.0.